The van der Waals surface area contributed by atoms with Crippen LogP contribution in [0.5, 0.6) is 5.75 Å². The van der Waals surface area contributed by atoms with Crippen molar-refractivity contribution in [3.05, 3.63) is 63.6 Å². The fourth-order valence-electron chi connectivity index (χ4n) is 1.64. The summed E-state index contributed by atoms with van der Waals surface area (Å²) in [5.41, 5.74) is 4.12. The van der Waals surface area contributed by atoms with E-state index in [0.717, 1.165) is 5.56 Å². The normalized spacial score (nSPS) is 11.3. The van der Waals surface area contributed by atoms with Crippen molar-refractivity contribution in [3.63, 3.8) is 0 Å². The highest BCUT2D eigenvalue weighted by molar-refractivity contribution is 6.36. The van der Waals surface area contributed by atoms with Crippen LogP contribution in [-0.2, 0) is 0 Å². The number of nitrogens with one attached hydrogen (secondary N) is 1. The molecule has 0 aromatic heterocycles. The summed E-state index contributed by atoms with van der Waals surface area (Å²) in [6.45, 7) is 1.75. The molecule has 2 aromatic rings. The van der Waals surface area contributed by atoms with Gasteiger partial charge in [-0.25, -0.2) is 5.43 Å². The van der Waals surface area contributed by atoms with E-state index < -0.39 is 5.91 Å². The van der Waals surface area contributed by atoms with Crippen LogP contribution >= 0.6 is 23.2 Å². The van der Waals surface area contributed by atoms with Crippen molar-refractivity contribution >= 4 is 34.8 Å². The van der Waals surface area contributed by atoms with Gasteiger partial charge in [-0.2, -0.15) is 5.10 Å². The highest BCUT2D eigenvalue weighted by atomic mass is 35.5. The summed E-state index contributed by atoms with van der Waals surface area (Å²) in [7, 11) is 0. The number of aromatic hydroxyl groups is 1. The molecule has 0 radical (unpaired) electrons. The van der Waals surface area contributed by atoms with E-state index in [1.54, 1.807) is 37.3 Å². The number of nitrogens with zero attached hydrogens (tertiary/aromatic N) is 1. The average Bonchev–Trinajstić information content (AvgIpc) is 2.45. The number of amides is 1. The molecule has 108 valence electrons. The molecule has 0 aliphatic rings. The minimum atomic E-state index is -0.421. The second-order valence-electron chi connectivity index (χ2n) is 4.31. The summed E-state index contributed by atoms with van der Waals surface area (Å²) < 4.78 is 0. The van der Waals surface area contributed by atoms with Gasteiger partial charge in [0.2, 0.25) is 0 Å². The van der Waals surface area contributed by atoms with Crippen molar-refractivity contribution in [2.45, 2.75) is 6.92 Å². The summed E-state index contributed by atoms with van der Waals surface area (Å²) in [4.78, 5) is 12.0. The van der Waals surface area contributed by atoms with Gasteiger partial charge in [-0.3, -0.25) is 4.79 Å². The first-order valence-electron chi connectivity index (χ1n) is 6.06. The third-order valence-corrected chi connectivity index (χ3v) is 3.33. The van der Waals surface area contributed by atoms with Crippen LogP contribution < -0.4 is 5.43 Å². The summed E-state index contributed by atoms with van der Waals surface area (Å²) in [6, 6.07) is 11.1. The number of halogens is 2. The van der Waals surface area contributed by atoms with Gasteiger partial charge in [0.05, 0.1) is 16.3 Å². The van der Waals surface area contributed by atoms with Crippen LogP contribution in [0.4, 0.5) is 0 Å². The molecule has 0 aliphatic carbocycles. The first-order valence-corrected chi connectivity index (χ1v) is 6.82. The molecule has 2 N–H and O–H groups in total. The molecule has 0 unspecified atom stereocenters. The molecular formula is C15H12Cl2N2O2. The van der Waals surface area contributed by atoms with Gasteiger partial charge < -0.3 is 5.11 Å². The van der Waals surface area contributed by atoms with Gasteiger partial charge in [-0.1, -0.05) is 23.2 Å². The van der Waals surface area contributed by atoms with Gasteiger partial charge in [0, 0.05) is 5.02 Å². The Morgan fingerprint density at radius 3 is 2.43 bits per heavy atom. The fourth-order valence-corrected chi connectivity index (χ4v) is 2.13. The summed E-state index contributed by atoms with van der Waals surface area (Å²) in [6.07, 6.45) is 0. The Morgan fingerprint density at radius 2 is 1.81 bits per heavy atom. The molecule has 1 amide bonds. The Bertz CT molecular complexity index is 697. The average molecular weight is 323 g/mol. The van der Waals surface area contributed by atoms with Crippen LogP contribution in [0.3, 0.4) is 0 Å². The molecule has 0 heterocycles. The van der Waals surface area contributed by atoms with E-state index in [1.165, 1.54) is 12.1 Å². The molecule has 0 spiro atoms. The molecule has 0 atom stereocenters. The number of phenolic OH excluding ortho intramolecular Hbond substituents is 1. The number of hydrogen-bond acceptors (Lipinski definition) is 3. The fraction of sp³-hybridized carbons (Fsp3) is 0.0667. The number of hydrazone groups is 1. The van der Waals surface area contributed by atoms with E-state index in [0.29, 0.717) is 16.3 Å². The minimum Gasteiger partial charge on any atom is -0.508 e. The van der Waals surface area contributed by atoms with Crippen LogP contribution in [0, 0.1) is 0 Å². The second-order valence-corrected chi connectivity index (χ2v) is 5.15. The van der Waals surface area contributed by atoms with Crippen molar-refractivity contribution < 1.29 is 9.90 Å². The highest BCUT2D eigenvalue weighted by Gasteiger charge is 2.10. The number of rotatable bonds is 3. The molecule has 21 heavy (non-hydrogen) atoms. The van der Waals surface area contributed by atoms with Crippen LogP contribution in [0.25, 0.3) is 0 Å². The minimum absolute atomic E-state index is 0.170. The van der Waals surface area contributed by atoms with E-state index >= 15 is 0 Å². The smallest absolute Gasteiger partial charge is 0.272 e. The number of phenols is 1. The zero-order valence-corrected chi connectivity index (χ0v) is 12.6. The molecule has 2 aromatic carbocycles. The van der Waals surface area contributed by atoms with Gasteiger partial charge in [0.25, 0.3) is 5.91 Å². The van der Waals surface area contributed by atoms with Gasteiger partial charge in [-0.05, 0) is 55.0 Å². The van der Waals surface area contributed by atoms with E-state index in [9.17, 15) is 9.90 Å². The lowest BCUT2D eigenvalue weighted by Crippen LogP contribution is -2.19. The summed E-state index contributed by atoms with van der Waals surface area (Å²) in [5.74, 6) is -0.252. The van der Waals surface area contributed by atoms with Crippen LogP contribution in [0.2, 0.25) is 10.0 Å². The third-order valence-electron chi connectivity index (χ3n) is 2.79. The van der Waals surface area contributed by atoms with Gasteiger partial charge >= 0.3 is 0 Å². The Labute approximate surface area is 132 Å². The number of carbonyl (C=O) groups is 1. The lowest BCUT2D eigenvalue weighted by Gasteiger charge is -2.05. The van der Waals surface area contributed by atoms with Gasteiger partial charge in [0.15, 0.2) is 0 Å². The van der Waals surface area contributed by atoms with Gasteiger partial charge in [-0.15, -0.1) is 0 Å². The van der Waals surface area contributed by atoms with E-state index in [2.05, 4.69) is 10.5 Å². The zero-order valence-electron chi connectivity index (χ0n) is 11.1. The number of benzene rings is 2. The van der Waals surface area contributed by atoms with Gasteiger partial charge in [0.1, 0.15) is 5.75 Å². The maximum absolute atomic E-state index is 12.0. The molecule has 0 saturated heterocycles. The van der Waals surface area contributed by atoms with Crippen molar-refractivity contribution in [1.29, 1.82) is 0 Å². The predicted octanol–water partition coefficient (Wildman–Crippen LogP) is 3.85. The standard InChI is InChI=1S/C15H12Cl2N2O2/c1-9(10-2-5-12(20)6-3-10)18-19-15(21)13-7-4-11(16)8-14(13)17/h2-8,20H,1H3,(H,19,21)/b18-9+. The molecular weight excluding hydrogens is 311 g/mol. The number of carbonyl (C=O) groups excluding carboxylic acids is 1. The van der Waals surface area contributed by atoms with E-state index in [-0.39, 0.29) is 10.8 Å². The van der Waals surface area contributed by atoms with Crippen molar-refractivity contribution in [3.8, 4) is 5.75 Å². The Balaban J connectivity index is 2.12. The van der Waals surface area contributed by atoms with Crippen molar-refractivity contribution in [2.24, 2.45) is 5.10 Å². The van der Waals surface area contributed by atoms with E-state index in [4.69, 9.17) is 23.2 Å². The molecule has 0 aliphatic heterocycles. The first kappa shape index (κ1) is 15.4. The Hall–Kier alpha value is -2.04. The Morgan fingerprint density at radius 1 is 1.14 bits per heavy atom. The molecule has 6 heteroatoms. The maximum Gasteiger partial charge on any atom is 0.272 e. The van der Waals surface area contributed by atoms with Crippen LogP contribution in [-0.4, -0.2) is 16.7 Å². The molecule has 4 nitrogen and oxygen atoms in total. The van der Waals surface area contributed by atoms with E-state index in [1.807, 2.05) is 0 Å². The van der Waals surface area contributed by atoms with Crippen LogP contribution in [0.15, 0.2) is 47.6 Å². The third kappa shape index (κ3) is 3.97. The lowest BCUT2D eigenvalue weighted by atomic mass is 10.1. The Kier molecular flexibility index (Phi) is 4.83. The molecule has 0 bridgehead atoms. The molecule has 2 rings (SSSR count). The molecule has 0 saturated carbocycles. The lowest BCUT2D eigenvalue weighted by molar-refractivity contribution is 0.0955. The number of hydrogen-bond donors (Lipinski definition) is 2. The maximum atomic E-state index is 12.0. The second kappa shape index (κ2) is 6.61. The van der Waals surface area contributed by atoms with Crippen molar-refractivity contribution in [2.75, 3.05) is 0 Å². The summed E-state index contributed by atoms with van der Waals surface area (Å²) >= 11 is 11.7. The first-order chi connectivity index (χ1) is 9.97. The predicted molar refractivity (Wildman–Crippen MR) is 84.2 cm³/mol. The molecule has 0 fully saturated rings. The topological polar surface area (TPSA) is 61.7 Å². The quantitative estimate of drug-likeness (QED) is 0.666. The SMILES string of the molecule is C/C(=N\NC(=O)c1ccc(Cl)cc1Cl)c1ccc(O)cc1. The zero-order chi connectivity index (χ0) is 15.4. The van der Waals surface area contributed by atoms with Crippen molar-refractivity contribution in [1.82, 2.24) is 5.43 Å². The monoisotopic (exact) mass is 322 g/mol. The van der Waals surface area contributed by atoms with Crippen LogP contribution in [0.1, 0.15) is 22.8 Å². The summed E-state index contributed by atoms with van der Waals surface area (Å²) in [5, 5.41) is 14.0. The largest absolute Gasteiger partial charge is 0.508 e. The highest BCUT2D eigenvalue weighted by Crippen LogP contribution is 2.20.